The van der Waals surface area contributed by atoms with Crippen molar-refractivity contribution in [3.8, 4) is 0 Å². The number of benzene rings is 2. The lowest BCUT2D eigenvalue weighted by Gasteiger charge is -2.20. The fourth-order valence-electron chi connectivity index (χ4n) is 3.45. The molecule has 4 rings (SSSR count). The van der Waals surface area contributed by atoms with E-state index >= 15 is 0 Å². The molecule has 0 bridgehead atoms. The second-order valence-corrected chi connectivity index (χ2v) is 6.78. The van der Waals surface area contributed by atoms with Gasteiger partial charge in [-0.15, -0.1) is 0 Å². The largest absolute Gasteiger partial charge is 0.366 e. The average Bonchev–Trinajstić information content (AvgIpc) is 3.23. The Kier molecular flexibility index (Phi) is 4.24. The molecule has 1 fully saturated rings. The van der Waals surface area contributed by atoms with Crippen LogP contribution in [-0.2, 0) is 9.59 Å². The molecule has 1 saturated heterocycles. The van der Waals surface area contributed by atoms with Crippen molar-refractivity contribution in [3.63, 3.8) is 0 Å². The minimum absolute atomic E-state index is 0.363. The smallest absolute Gasteiger partial charge is 0.282 e. The van der Waals surface area contributed by atoms with Gasteiger partial charge < -0.3 is 4.90 Å². The maximum atomic E-state index is 13.3. The molecule has 2 aromatic carbocycles. The maximum Gasteiger partial charge on any atom is 0.282 e. The molecule has 0 aliphatic carbocycles. The van der Waals surface area contributed by atoms with Crippen molar-refractivity contribution in [2.24, 2.45) is 0 Å². The molecule has 0 unspecified atom stereocenters. The van der Waals surface area contributed by atoms with Gasteiger partial charge in [0.2, 0.25) is 0 Å². The monoisotopic (exact) mass is 370 g/mol. The van der Waals surface area contributed by atoms with Crippen molar-refractivity contribution < 1.29 is 14.0 Å². The van der Waals surface area contributed by atoms with E-state index in [1.807, 2.05) is 4.90 Å². The molecular formula is C20H16ClFN2O2. The summed E-state index contributed by atoms with van der Waals surface area (Å²) in [6.45, 7) is 1.48. The van der Waals surface area contributed by atoms with E-state index in [0.29, 0.717) is 27.5 Å². The van der Waals surface area contributed by atoms with Crippen molar-refractivity contribution in [3.05, 3.63) is 70.6 Å². The van der Waals surface area contributed by atoms with E-state index in [1.54, 1.807) is 24.3 Å². The number of nitrogens with zero attached hydrogens (tertiary/aromatic N) is 2. The van der Waals surface area contributed by atoms with Gasteiger partial charge in [0.25, 0.3) is 11.8 Å². The molecule has 2 aromatic rings. The Labute approximate surface area is 155 Å². The lowest BCUT2D eigenvalue weighted by atomic mass is 10.0. The highest BCUT2D eigenvalue weighted by Gasteiger charge is 2.42. The third-order valence-electron chi connectivity index (χ3n) is 4.70. The van der Waals surface area contributed by atoms with E-state index in [0.717, 1.165) is 30.8 Å². The zero-order valence-electron chi connectivity index (χ0n) is 13.9. The van der Waals surface area contributed by atoms with Gasteiger partial charge in [0, 0.05) is 18.1 Å². The van der Waals surface area contributed by atoms with Gasteiger partial charge >= 0.3 is 0 Å². The third kappa shape index (κ3) is 2.78. The van der Waals surface area contributed by atoms with Crippen LogP contribution in [0.5, 0.6) is 0 Å². The Bertz CT molecular complexity index is 900. The van der Waals surface area contributed by atoms with Gasteiger partial charge in [0.05, 0.1) is 11.3 Å². The van der Waals surface area contributed by atoms with E-state index in [-0.39, 0.29) is 5.91 Å². The Morgan fingerprint density at radius 2 is 1.46 bits per heavy atom. The fraction of sp³-hybridized carbons (Fsp3) is 0.200. The van der Waals surface area contributed by atoms with Crippen LogP contribution in [0.3, 0.4) is 0 Å². The molecule has 0 atom stereocenters. The van der Waals surface area contributed by atoms with E-state index in [1.165, 1.54) is 24.3 Å². The fourth-order valence-corrected chi connectivity index (χ4v) is 3.58. The Hall–Kier alpha value is -2.66. The SMILES string of the molecule is O=C1C(c2ccc(Cl)cc2)=C(N2CCCC2)C(=O)N1c1ccc(F)cc1. The average molecular weight is 371 g/mol. The summed E-state index contributed by atoms with van der Waals surface area (Å²) in [7, 11) is 0. The molecule has 0 spiro atoms. The first-order valence-electron chi connectivity index (χ1n) is 8.46. The number of hydrogen-bond donors (Lipinski definition) is 0. The van der Waals surface area contributed by atoms with Gasteiger partial charge in [-0.1, -0.05) is 23.7 Å². The van der Waals surface area contributed by atoms with Gasteiger partial charge in [-0.25, -0.2) is 9.29 Å². The van der Waals surface area contributed by atoms with E-state index in [9.17, 15) is 14.0 Å². The number of likely N-dealkylation sites (tertiary alicyclic amines) is 1. The van der Waals surface area contributed by atoms with Gasteiger partial charge in [-0.05, 0) is 54.8 Å². The number of amides is 2. The molecule has 0 saturated carbocycles. The molecule has 0 radical (unpaired) electrons. The summed E-state index contributed by atoms with van der Waals surface area (Å²) in [6, 6.07) is 12.3. The Morgan fingerprint density at radius 1 is 0.846 bits per heavy atom. The number of anilines is 1. The molecule has 2 aliphatic heterocycles. The molecule has 132 valence electrons. The highest BCUT2D eigenvalue weighted by Crippen LogP contribution is 2.36. The van der Waals surface area contributed by atoms with Crippen LogP contribution in [0, 0.1) is 5.82 Å². The van der Waals surface area contributed by atoms with Gasteiger partial charge in [0.15, 0.2) is 0 Å². The third-order valence-corrected chi connectivity index (χ3v) is 4.95. The van der Waals surface area contributed by atoms with Crippen molar-refractivity contribution in [1.29, 1.82) is 0 Å². The summed E-state index contributed by atoms with van der Waals surface area (Å²) in [6.07, 6.45) is 1.96. The molecule has 4 nitrogen and oxygen atoms in total. The Morgan fingerprint density at radius 3 is 2.08 bits per heavy atom. The first-order valence-corrected chi connectivity index (χ1v) is 8.83. The topological polar surface area (TPSA) is 40.6 Å². The normalized spacial score (nSPS) is 17.6. The van der Waals surface area contributed by atoms with Crippen LogP contribution >= 0.6 is 11.6 Å². The van der Waals surface area contributed by atoms with Crippen LogP contribution in [0.4, 0.5) is 10.1 Å². The summed E-state index contributed by atoms with van der Waals surface area (Å²) in [4.78, 5) is 29.4. The lowest BCUT2D eigenvalue weighted by Crippen LogP contribution is -2.34. The zero-order chi connectivity index (χ0) is 18.3. The Balaban J connectivity index is 1.82. The van der Waals surface area contributed by atoms with Gasteiger partial charge in [0.1, 0.15) is 11.5 Å². The van der Waals surface area contributed by atoms with Crippen molar-refractivity contribution in [2.45, 2.75) is 12.8 Å². The summed E-state index contributed by atoms with van der Waals surface area (Å²) in [5.74, 6) is -1.18. The molecule has 2 amide bonds. The first-order chi connectivity index (χ1) is 12.6. The molecule has 2 aliphatic rings. The van der Waals surface area contributed by atoms with Crippen LogP contribution in [0.2, 0.25) is 5.02 Å². The predicted octanol–water partition coefficient (Wildman–Crippen LogP) is 3.86. The van der Waals surface area contributed by atoms with E-state index in [2.05, 4.69) is 0 Å². The number of hydrogen-bond acceptors (Lipinski definition) is 3. The number of halogens is 2. The summed E-state index contributed by atoms with van der Waals surface area (Å²) in [5.41, 5.74) is 1.80. The van der Waals surface area contributed by atoms with Crippen LogP contribution < -0.4 is 4.90 Å². The predicted molar refractivity (Wildman–Crippen MR) is 98.1 cm³/mol. The zero-order valence-corrected chi connectivity index (χ0v) is 14.7. The molecule has 2 heterocycles. The van der Waals surface area contributed by atoms with Crippen molar-refractivity contribution >= 4 is 34.7 Å². The van der Waals surface area contributed by atoms with E-state index in [4.69, 9.17) is 11.6 Å². The maximum absolute atomic E-state index is 13.3. The standard InChI is InChI=1S/C20H16ClFN2O2/c21-14-5-3-13(4-6-14)17-18(23-11-1-2-12-23)20(26)24(19(17)25)16-9-7-15(22)8-10-16/h3-10H,1-2,11-12H2. The molecule has 0 aromatic heterocycles. The van der Waals surface area contributed by atoms with Crippen LogP contribution in [0.15, 0.2) is 54.2 Å². The number of carbonyl (C=O) groups excluding carboxylic acids is 2. The first kappa shape index (κ1) is 16.8. The van der Waals surface area contributed by atoms with E-state index < -0.39 is 11.7 Å². The van der Waals surface area contributed by atoms with Crippen LogP contribution in [0.25, 0.3) is 5.57 Å². The minimum atomic E-state index is -0.418. The molecular weight excluding hydrogens is 355 g/mol. The van der Waals surface area contributed by atoms with Crippen molar-refractivity contribution in [1.82, 2.24) is 4.90 Å². The van der Waals surface area contributed by atoms with Gasteiger partial charge in [-0.2, -0.15) is 0 Å². The van der Waals surface area contributed by atoms with Crippen LogP contribution in [-0.4, -0.2) is 29.8 Å². The molecule has 0 N–H and O–H groups in total. The number of carbonyl (C=O) groups is 2. The van der Waals surface area contributed by atoms with Gasteiger partial charge in [-0.3, -0.25) is 9.59 Å². The van der Waals surface area contributed by atoms with Crippen LogP contribution in [0.1, 0.15) is 18.4 Å². The lowest BCUT2D eigenvalue weighted by molar-refractivity contribution is -0.120. The summed E-state index contributed by atoms with van der Waals surface area (Å²) < 4.78 is 13.3. The second kappa shape index (κ2) is 6.57. The molecule has 6 heteroatoms. The summed E-state index contributed by atoms with van der Waals surface area (Å²) >= 11 is 5.96. The highest BCUT2D eigenvalue weighted by molar-refractivity contribution is 6.45. The highest BCUT2D eigenvalue weighted by atomic mass is 35.5. The quantitative estimate of drug-likeness (QED) is 0.770. The number of rotatable bonds is 3. The second-order valence-electron chi connectivity index (χ2n) is 6.35. The molecule has 26 heavy (non-hydrogen) atoms. The summed E-state index contributed by atoms with van der Waals surface area (Å²) in [5, 5.41) is 0.559. The number of imide groups is 1. The minimum Gasteiger partial charge on any atom is -0.366 e. The van der Waals surface area contributed by atoms with Crippen molar-refractivity contribution in [2.75, 3.05) is 18.0 Å².